The maximum absolute atomic E-state index is 12.3. The summed E-state index contributed by atoms with van der Waals surface area (Å²) in [6, 6.07) is 15.7. The molecule has 0 heterocycles. The molecule has 0 spiro atoms. The molecule has 0 amide bonds. The Labute approximate surface area is 120 Å². The third-order valence-corrected chi connectivity index (χ3v) is 3.25. The Morgan fingerprint density at radius 1 is 1.00 bits per heavy atom. The Morgan fingerprint density at radius 3 is 2.35 bits per heavy atom. The summed E-state index contributed by atoms with van der Waals surface area (Å²) < 4.78 is 0. The molecule has 2 heteroatoms. The van der Waals surface area contributed by atoms with Gasteiger partial charge in [0.25, 0.3) is 0 Å². The second-order valence-electron chi connectivity index (χ2n) is 4.97. The highest BCUT2D eigenvalue weighted by Crippen LogP contribution is 2.19. The van der Waals surface area contributed by atoms with Gasteiger partial charge in [0, 0.05) is 25.3 Å². The summed E-state index contributed by atoms with van der Waals surface area (Å²) in [6.45, 7) is 2.04. The van der Waals surface area contributed by atoms with E-state index in [0.29, 0.717) is 0 Å². The average Bonchev–Trinajstić information content (AvgIpc) is 2.46. The molecule has 2 aromatic rings. The van der Waals surface area contributed by atoms with Crippen molar-refractivity contribution >= 4 is 17.5 Å². The van der Waals surface area contributed by atoms with E-state index in [1.165, 1.54) is 0 Å². The minimum Gasteiger partial charge on any atom is -0.377 e. The summed E-state index contributed by atoms with van der Waals surface area (Å²) in [5, 5.41) is 0. The van der Waals surface area contributed by atoms with Crippen LogP contribution < -0.4 is 4.90 Å². The van der Waals surface area contributed by atoms with Crippen molar-refractivity contribution in [1.29, 1.82) is 0 Å². The lowest BCUT2D eigenvalue weighted by Crippen LogP contribution is -2.13. The predicted molar refractivity (Wildman–Crippen MR) is 85.3 cm³/mol. The minimum atomic E-state index is 0.0255. The number of benzene rings is 2. The number of rotatable bonds is 4. The fourth-order valence-electron chi connectivity index (χ4n) is 2.10. The van der Waals surface area contributed by atoms with E-state index in [0.717, 1.165) is 22.4 Å². The smallest absolute Gasteiger partial charge is 0.187 e. The first-order valence-electron chi connectivity index (χ1n) is 6.64. The SMILES string of the molecule is Cc1ccccc1C=CC(=O)c1ccccc1N(C)C. The van der Waals surface area contributed by atoms with Gasteiger partial charge in [0.2, 0.25) is 0 Å². The molecule has 0 saturated carbocycles. The molecule has 2 nitrogen and oxygen atoms in total. The highest BCUT2D eigenvalue weighted by Gasteiger charge is 2.09. The van der Waals surface area contributed by atoms with E-state index in [2.05, 4.69) is 0 Å². The van der Waals surface area contributed by atoms with Gasteiger partial charge in [-0.1, -0.05) is 42.5 Å². The zero-order valence-corrected chi connectivity index (χ0v) is 12.1. The van der Waals surface area contributed by atoms with Crippen molar-refractivity contribution in [3.8, 4) is 0 Å². The Morgan fingerprint density at radius 2 is 1.65 bits per heavy atom. The number of aryl methyl sites for hydroxylation is 1. The van der Waals surface area contributed by atoms with Crippen molar-refractivity contribution in [2.45, 2.75) is 6.92 Å². The van der Waals surface area contributed by atoms with Crippen LogP contribution in [0.1, 0.15) is 21.5 Å². The number of carbonyl (C=O) groups excluding carboxylic acids is 1. The third-order valence-electron chi connectivity index (χ3n) is 3.25. The number of carbonyl (C=O) groups is 1. The first kappa shape index (κ1) is 14.1. The standard InChI is InChI=1S/C18H19NO/c1-14-8-4-5-9-15(14)12-13-18(20)16-10-6-7-11-17(16)19(2)3/h4-13H,1-3H3. The molecule has 2 rings (SSSR count). The van der Waals surface area contributed by atoms with Gasteiger partial charge >= 0.3 is 0 Å². The summed E-state index contributed by atoms with van der Waals surface area (Å²) in [7, 11) is 3.88. The Hall–Kier alpha value is -2.35. The lowest BCUT2D eigenvalue weighted by atomic mass is 10.0. The molecule has 0 unspecified atom stereocenters. The van der Waals surface area contributed by atoms with Gasteiger partial charge in [-0.15, -0.1) is 0 Å². The molecule has 102 valence electrons. The topological polar surface area (TPSA) is 20.3 Å². The van der Waals surface area contributed by atoms with Gasteiger partial charge in [0.05, 0.1) is 0 Å². The van der Waals surface area contributed by atoms with Crippen LogP contribution in [0.15, 0.2) is 54.6 Å². The molecule has 0 aromatic heterocycles. The number of para-hydroxylation sites is 1. The summed E-state index contributed by atoms with van der Waals surface area (Å²) in [5.41, 5.74) is 3.90. The molecule has 0 aliphatic carbocycles. The number of nitrogens with zero attached hydrogens (tertiary/aromatic N) is 1. The quantitative estimate of drug-likeness (QED) is 0.616. The molecule has 0 N–H and O–H groups in total. The molecule has 0 bridgehead atoms. The number of hydrogen-bond acceptors (Lipinski definition) is 2. The van der Waals surface area contributed by atoms with Crippen molar-refractivity contribution in [1.82, 2.24) is 0 Å². The van der Waals surface area contributed by atoms with E-state index in [4.69, 9.17) is 0 Å². The maximum Gasteiger partial charge on any atom is 0.187 e. The third kappa shape index (κ3) is 3.15. The largest absolute Gasteiger partial charge is 0.377 e. The highest BCUT2D eigenvalue weighted by molar-refractivity contribution is 6.10. The minimum absolute atomic E-state index is 0.0255. The first-order valence-corrected chi connectivity index (χ1v) is 6.64. The summed E-state index contributed by atoms with van der Waals surface area (Å²) in [6.07, 6.45) is 3.52. The molecule has 0 atom stereocenters. The molecule has 0 saturated heterocycles. The molecule has 0 radical (unpaired) electrons. The Balaban J connectivity index is 2.27. The molecule has 20 heavy (non-hydrogen) atoms. The number of hydrogen-bond donors (Lipinski definition) is 0. The summed E-state index contributed by atoms with van der Waals surface area (Å²) in [5.74, 6) is 0.0255. The summed E-state index contributed by atoms with van der Waals surface area (Å²) >= 11 is 0. The van der Waals surface area contributed by atoms with Gasteiger partial charge in [-0.05, 0) is 36.3 Å². The van der Waals surface area contributed by atoms with Gasteiger partial charge in [-0.3, -0.25) is 4.79 Å². The van der Waals surface area contributed by atoms with Crippen LogP contribution >= 0.6 is 0 Å². The Bertz CT molecular complexity index is 641. The van der Waals surface area contributed by atoms with Gasteiger partial charge in [0.15, 0.2) is 5.78 Å². The average molecular weight is 265 g/mol. The normalized spacial score (nSPS) is 10.8. The van der Waals surface area contributed by atoms with Crippen LogP contribution in [-0.4, -0.2) is 19.9 Å². The van der Waals surface area contributed by atoms with E-state index in [9.17, 15) is 4.79 Å². The van der Waals surface area contributed by atoms with Crippen LogP contribution in [0.3, 0.4) is 0 Å². The second kappa shape index (κ2) is 6.20. The van der Waals surface area contributed by atoms with Crippen LogP contribution in [0.25, 0.3) is 6.08 Å². The highest BCUT2D eigenvalue weighted by atomic mass is 16.1. The van der Waals surface area contributed by atoms with Crippen molar-refractivity contribution in [2.24, 2.45) is 0 Å². The fraction of sp³-hybridized carbons (Fsp3) is 0.167. The van der Waals surface area contributed by atoms with Crippen molar-refractivity contribution in [3.63, 3.8) is 0 Å². The van der Waals surface area contributed by atoms with Crippen LogP contribution in [-0.2, 0) is 0 Å². The zero-order chi connectivity index (χ0) is 14.5. The van der Waals surface area contributed by atoms with Crippen LogP contribution in [0.4, 0.5) is 5.69 Å². The van der Waals surface area contributed by atoms with E-state index in [-0.39, 0.29) is 5.78 Å². The van der Waals surface area contributed by atoms with Crippen LogP contribution in [0, 0.1) is 6.92 Å². The van der Waals surface area contributed by atoms with E-state index >= 15 is 0 Å². The van der Waals surface area contributed by atoms with Gasteiger partial charge in [-0.25, -0.2) is 0 Å². The van der Waals surface area contributed by atoms with Gasteiger partial charge in [0.1, 0.15) is 0 Å². The molecule has 2 aromatic carbocycles. The van der Waals surface area contributed by atoms with Crippen molar-refractivity contribution in [3.05, 3.63) is 71.3 Å². The van der Waals surface area contributed by atoms with Crippen molar-refractivity contribution < 1.29 is 4.79 Å². The Kier molecular flexibility index (Phi) is 4.36. The lowest BCUT2D eigenvalue weighted by molar-refractivity contribution is 0.104. The van der Waals surface area contributed by atoms with E-state index in [1.54, 1.807) is 6.08 Å². The molecule has 0 aliphatic heterocycles. The van der Waals surface area contributed by atoms with Crippen molar-refractivity contribution in [2.75, 3.05) is 19.0 Å². The fourth-order valence-corrected chi connectivity index (χ4v) is 2.10. The maximum atomic E-state index is 12.3. The number of allylic oxidation sites excluding steroid dienone is 1. The summed E-state index contributed by atoms with van der Waals surface area (Å²) in [4.78, 5) is 14.3. The number of ketones is 1. The monoisotopic (exact) mass is 265 g/mol. The predicted octanol–water partition coefficient (Wildman–Crippen LogP) is 3.96. The van der Waals surface area contributed by atoms with Gasteiger partial charge < -0.3 is 4.90 Å². The van der Waals surface area contributed by atoms with Crippen LogP contribution in [0.5, 0.6) is 0 Å². The second-order valence-corrected chi connectivity index (χ2v) is 4.97. The lowest BCUT2D eigenvalue weighted by Gasteiger charge is -2.15. The zero-order valence-electron chi connectivity index (χ0n) is 12.1. The van der Waals surface area contributed by atoms with E-state index < -0.39 is 0 Å². The van der Waals surface area contributed by atoms with Gasteiger partial charge in [-0.2, -0.15) is 0 Å². The molecular formula is C18H19NO. The molecule has 0 fully saturated rings. The molecular weight excluding hydrogens is 246 g/mol. The first-order chi connectivity index (χ1) is 9.59. The van der Waals surface area contributed by atoms with Crippen LogP contribution in [0.2, 0.25) is 0 Å². The number of anilines is 1. The molecule has 0 aliphatic rings. The van der Waals surface area contributed by atoms with E-state index in [1.807, 2.05) is 80.5 Å².